The summed E-state index contributed by atoms with van der Waals surface area (Å²) in [5.41, 5.74) is 0. The summed E-state index contributed by atoms with van der Waals surface area (Å²) in [5, 5.41) is 0. The van der Waals surface area contributed by atoms with Crippen molar-refractivity contribution < 1.29 is 21.4 Å². The van der Waals surface area contributed by atoms with Crippen LogP contribution in [0.2, 0.25) is 0 Å². The average molecular weight is 235 g/mol. The third kappa shape index (κ3) is 2.53. The lowest BCUT2D eigenvalue weighted by Gasteiger charge is -1.99. The predicted octanol–water partition coefficient (Wildman–Crippen LogP) is 0.137. The zero-order valence-electron chi connectivity index (χ0n) is 7.13. The Labute approximate surface area is 82.1 Å². The van der Waals surface area contributed by atoms with Gasteiger partial charge in [0, 0.05) is 12.3 Å². The van der Waals surface area contributed by atoms with Crippen molar-refractivity contribution in [2.75, 3.05) is 6.26 Å². The Kier molecular flexibility index (Phi) is 2.66. The second-order valence-electron chi connectivity index (χ2n) is 2.64. The molecular weight excluding hydrogens is 228 g/mol. The highest BCUT2D eigenvalue weighted by Gasteiger charge is 2.14. The van der Waals surface area contributed by atoms with Gasteiger partial charge in [0.1, 0.15) is 4.90 Å². The highest BCUT2D eigenvalue weighted by Crippen LogP contribution is 2.14. The fourth-order valence-corrected chi connectivity index (χ4v) is 2.02. The first kappa shape index (κ1) is 11.2. The van der Waals surface area contributed by atoms with Crippen molar-refractivity contribution in [1.29, 1.82) is 0 Å². The van der Waals surface area contributed by atoms with E-state index in [4.69, 9.17) is 4.55 Å². The summed E-state index contributed by atoms with van der Waals surface area (Å²) < 4.78 is 52.0. The Morgan fingerprint density at radius 2 is 1.86 bits per heavy atom. The topological polar surface area (TPSA) is 88.5 Å². The molecule has 0 saturated carbocycles. The van der Waals surface area contributed by atoms with Crippen LogP contribution in [-0.4, -0.2) is 27.6 Å². The van der Waals surface area contributed by atoms with E-state index in [1.54, 1.807) is 0 Å². The van der Waals surface area contributed by atoms with Crippen LogP contribution in [0.4, 0.5) is 0 Å². The molecule has 1 rings (SSSR count). The van der Waals surface area contributed by atoms with Gasteiger partial charge in [-0.3, -0.25) is 4.55 Å². The number of hydrogen-bond donors (Lipinski definition) is 1. The van der Waals surface area contributed by atoms with Crippen LogP contribution in [0.1, 0.15) is 0 Å². The van der Waals surface area contributed by atoms with Gasteiger partial charge < -0.3 is 0 Å². The molecule has 77 valence electrons. The standard InChI is InChI=1S/C7H7O5S2/c1-13(8,9)6-3-2-4-7(5-6)14(10,11)12/h2-3,5H,1H3,(H,10,11,12). The number of sulfone groups is 1. The van der Waals surface area contributed by atoms with E-state index in [0.717, 1.165) is 18.4 Å². The molecule has 0 heterocycles. The van der Waals surface area contributed by atoms with E-state index in [9.17, 15) is 16.8 Å². The SMILES string of the molecule is CS(=O)(=O)c1cc[c]c(S(=O)(=O)O)c1. The van der Waals surface area contributed by atoms with Crippen molar-refractivity contribution in [1.82, 2.24) is 0 Å². The Morgan fingerprint density at radius 1 is 1.29 bits per heavy atom. The maximum Gasteiger partial charge on any atom is 0.295 e. The van der Waals surface area contributed by atoms with Crippen LogP contribution >= 0.6 is 0 Å². The predicted molar refractivity (Wildman–Crippen MR) is 48.2 cm³/mol. The first-order valence-electron chi connectivity index (χ1n) is 3.40. The Hall–Kier alpha value is -0.920. The molecule has 0 amide bonds. The van der Waals surface area contributed by atoms with E-state index in [1.165, 1.54) is 6.07 Å². The molecular formula is C7H7O5S2. The van der Waals surface area contributed by atoms with Gasteiger partial charge in [0.15, 0.2) is 9.84 Å². The minimum Gasteiger partial charge on any atom is -0.282 e. The maximum atomic E-state index is 11.0. The van der Waals surface area contributed by atoms with E-state index in [2.05, 4.69) is 6.07 Å². The molecule has 0 spiro atoms. The minimum absolute atomic E-state index is 0.177. The number of rotatable bonds is 2. The third-order valence-corrected chi connectivity index (χ3v) is 3.35. The van der Waals surface area contributed by atoms with E-state index in [0.29, 0.717) is 0 Å². The minimum atomic E-state index is -4.41. The molecule has 0 aliphatic rings. The molecule has 14 heavy (non-hydrogen) atoms. The lowest BCUT2D eigenvalue weighted by atomic mass is 10.4. The van der Waals surface area contributed by atoms with Gasteiger partial charge in [-0.1, -0.05) is 6.07 Å². The van der Waals surface area contributed by atoms with E-state index in [-0.39, 0.29) is 4.90 Å². The molecule has 0 aliphatic carbocycles. The largest absolute Gasteiger partial charge is 0.295 e. The second kappa shape index (κ2) is 3.34. The number of benzene rings is 1. The van der Waals surface area contributed by atoms with Gasteiger partial charge in [0.05, 0.1) is 4.90 Å². The zero-order chi connectivity index (χ0) is 11.0. The van der Waals surface area contributed by atoms with Gasteiger partial charge >= 0.3 is 0 Å². The lowest BCUT2D eigenvalue weighted by molar-refractivity contribution is 0.483. The van der Waals surface area contributed by atoms with Crippen molar-refractivity contribution >= 4 is 20.0 Å². The van der Waals surface area contributed by atoms with Crippen LogP contribution < -0.4 is 0 Å². The summed E-state index contributed by atoms with van der Waals surface area (Å²) in [7, 11) is -7.89. The molecule has 1 N–H and O–H groups in total. The summed E-state index contributed by atoms with van der Waals surface area (Å²) in [6.07, 6.45) is 0.941. The molecule has 0 aromatic heterocycles. The first-order chi connectivity index (χ1) is 6.21. The van der Waals surface area contributed by atoms with Crippen molar-refractivity contribution in [3.63, 3.8) is 0 Å². The monoisotopic (exact) mass is 235 g/mol. The number of hydrogen-bond acceptors (Lipinski definition) is 4. The van der Waals surface area contributed by atoms with Crippen LogP contribution in [0.5, 0.6) is 0 Å². The van der Waals surface area contributed by atoms with Gasteiger partial charge in [-0.15, -0.1) is 0 Å². The van der Waals surface area contributed by atoms with Crippen LogP contribution in [-0.2, 0) is 20.0 Å². The molecule has 0 bridgehead atoms. The van der Waals surface area contributed by atoms with Gasteiger partial charge in [-0.2, -0.15) is 8.42 Å². The summed E-state index contributed by atoms with van der Waals surface area (Å²) in [6.45, 7) is 0. The van der Waals surface area contributed by atoms with Gasteiger partial charge in [0.25, 0.3) is 10.1 Å². The molecule has 0 fully saturated rings. The lowest BCUT2D eigenvalue weighted by Crippen LogP contribution is -2.02. The molecule has 1 aromatic carbocycles. The normalized spacial score (nSPS) is 12.7. The Balaban J connectivity index is 3.44. The van der Waals surface area contributed by atoms with E-state index >= 15 is 0 Å². The quantitative estimate of drug-likeness (QED) is 0.736. The summed E-state index contributed by atoms with van der Waals surface area (Å²) in [5.74, 6) is 0. The van der Waals surface area contributed by atoms with E-state index in [1.807, 2.05) is 0 Å². The van der Waals surface area contributed by atoms with Gasteiger partial charge in [-0.05, 0) is 12.1 Å². The average Bonchev–Trinajstić information content (AvgIpc) is 2.01. The van der Waals surface area contributed by atoms with Crippen molar-refractivity contribution in [2.45, 2.75) is 9.79 Å². The van der Waals surface area contributed by atoms with Gasteiger partial charge in [0.2, 0.25) is 0 Å². The van der Waals surface area contributed by atoms with E-state index < -0.39 is 24.9 Å². The summed E-state index contributed by atoms with van der Waals surface area (Å²) >= 11 is 0. The molecule has 0 unspecified atom stereocenters. The van der Waals surface area contributed by atoms with Crippen LogP contribution in [0.15, 0.2) is 28.0 Å². The third-order valence-electron chi connectivity index (χ3n) is 1.45. The molecule has 5 nitrogen and oxygen atoms in total. The van der Waals surface area contributed by atoms with Crippen LogP contribution in [0.25, 0.3) is 0 Å². The Bertz CT molecular complexity index is 494. The molecule has 0 atom stereocenters. The second-order valence-corrected chi connectivity index (χ2v) is 6.04. The van der Waals surface area contributed by atoms with Crippen molar-refractivity contribution in [3.8, 4) is 0 Å². The smallest absolute Gasteiger partial charge is 0.282 e. The summed E-state index contributed by atoms with van der Waals surface area (Å²) in [4.78, 5) is -0.732. The fourth-order valence-electron chi connectivity index (χ4n) is 0.804. The van der Waals surface area contributed by atoms with Crippen LogP contribution in [0, 0.1) is 6.07 Å². The van der Waals surface area contributed by atoms with Crippen LogP contribution in [0.3, 0.4) is 0 Å². The van der Waals surface area contributed by atoms with Crippen molar-refractivity contribution in [2.24, 2.45) is 0 Å². The highest BCUT2D eigenvalue weighted by atomic mass is 32.2. The van der Waals surface area contributed by atoms with Gasteiger partial charge in [-0.25, -0.2) is 8.42 Å². The fraction of sp³-hybridized carbons (Fsp3) is 0.143. The molecule has 0 aliphatic heterocycles. The maximum absolute atomic E-state index is 11.0. The van der Waals surface area contributed by atoms with Crippen molar-refractivity contribution in [3.05, 3.63) is 24.3 Å². The molecule has 1 radical (unpaired) electrons. The highest BCUT2D eigenvalue weighted by molar-refractivity contribution is 7.90. The Morgan fingerprint density at radius 3 is 2.29 bits per heavy atom. The zero-order valence-corrected chi connectivity index (χ0v) is 8.76. The molecule has 7 heteroatoms. The summed E-state index contributed by atoms with van der Waals surface area (Å²) in [6, 6.07) is 5.39. The first-order valence-corrected chi connectivity index (χ1v) is 6.74. The molecule has 1 aromatic rings. The molecule has 0 saturated heterocycles.